The fourth-order valence-electron chi connectivity index (χ4n) is 1.15. The minimum Gasteiger partial charge on any atom is -0.318 e. The topological polar surface area (TPSA) is 26.0 Å². The fraction of sp³-hybridized carbons (Fsp3) is 0.333. The Bertz CT molecular complexity index is 390. The Morgan fingerprint density at radius 3 is 2.80 bits per heavy atom. The van der Waals surface area contributed by atoms with Gasteiger partial charge in [0.05, 0.1) is 11.6 Å². The molecule has 0 heterocycles. The quantitative estimate of drug-likeness (QED) is 0.744. The number of nitrogens with two attached hydrogens (primary N) is 1. The van der Waals surface area contributed by atoms with E-state index in [1.807, 2.05) is 6.92 Å². The van der Waals surface area contributed by atoms with Crippen LogP contribution in [0.3, 0.4) is 0 Å². The summed E-state index contributed by atoms with van der Waals surface area (Å²) in [6.07, 6.45) is 1.67. The van der Waals surface area contributed by atoms with E-state index in [1.165, 1.54) is 0 Å². The molecule has 1 atom stereocenters. The number of rotatable bonds is 2. The molecule has 0 amide bonds. The Labute approximate surface area is 88.3 Å². The lowest BCUT2D eigenvalue weighted by Gasteiger charge is -1.99. The van der Waals surface area contributed by atoms with E-state index < -0.39 is 11.6 Å². The summed E-state index contributed by atoms with van der Waals surface area (Å²) in [5.41, 5.74) is 5.69. The van der Waals surface area contributed by atoms with Crippen LogP contribution < -0.4 is 5.73 Å². The standard InChI is InChI=1S/C12H13F2N/c1-2-3-11(15)6-4-9-8-10(13)5-7-12(9)14/h5,7-8,11H,2-3,15H2,1H3. The molecule has 80 valence electrons. The van der Waals surface area contributed by atoms with E-state index in [0.717, 1.165) is 31.0 Å². The van der Waals surface area contributed by atoms with E-state index in [9.17, 15) is 8.78 Å². The van der Waals surface area contributed by atoms with E-state index in [0.29, 0.717) is 0 Å². The maximum Gasteiger partial charge on any atom is 0.139 e. The van der Waals surface area contributed by atoms with Crippen LogP contribution in [0.5, 0.6) is 0 Å². The zero-order valence-corrected chi connectivity index (χ0v) is 8.56. The van der Waals surface area contributed by atoms with E-state index >= 15 is 0 Å². The summed E-state index contributed by atoms with van der Waals surface area (Å²) >= 11 is 0. The van der Waals surface area contributed by atoms with Gasteiger partial charge in [-0.05, 0) is 24.6 Å². The summed E-state index contributed by atoms with van der Waals surface area (Å²) in [6.45, 7) is 1.99. The average molecular weight is 209 g/mol. The highest BCUT2D eigenvalue weighted by molar-refractivity contribution is 5.36. The molecule has 0 radical (unpaired) electrons. The van der Waals surface area contributed by atoms with E-state index in [4.69, 9.17) is 5.73 Å². The molecule has 3 heteroatoms. The molecule has 0 aromatic heterocycles. The molecule has 0 spiro atoms. The molecule has 0 saturated heterocycles. The molecular formula is C12H13F2N. The lowest BCUT2D eigenvalue weighted by atomic mass is 10.1. The predicted octanol–water partition coefficient (Wildman–Crippen LogP) is 2.44. The Morgan fingerprint density at radius 1 is 1.40 bits per heavy atom. The van der Waals surface area contributed by atoms with E-state index in [1.54, 1.807) is 0 Å². The summed E-state index contributed by atoms with van der Waals surface area (Å²) in [6, 6.07) is 2.91. The molecule has 0 fully saturated rings. The van der Waals surface area contributed by atoms with E-state index in [-0.39, 0.29) is 11.6 Å². The van der Waals surface area contributed by atoms with Crippen LogP contribution in [0, 0.1) is 23.5 Å². The molecular weight excluding hydrogens is 196 g/mol. The van der Waals surface area contributed by atoms with Gasteiger partial charge in [0.25, 0.3) is 0 Å². The molecule has 15 heavy (non-hydrogen) atoms. The van der Waals surface area contributed by atoms with Gasteiger partial charge in [0.1, 0.15) is 11.6 Å². The third-order valence-corrected chi connectivity index (χ3v) is 1.92. The van der Waals surface area contributed by atoms with Gasteiger partial charge in [-0.15, -0.1) is 0 Å². The van der Waals surface area contributed by atoms with Gasteiger partial charge in [-0.2, -0.15) is 0 Å². The van der Waals surface area contributed by atoms with Crippen LogP contribution in [-0.2, 0) is 0 Å². The Kier molecular flexibility index (Phi) is 4.26. The zero-order chi connectivity index (χ0) is 11.3. The van der Waals surface area contributed by atoms with Gasteiger partial charge in [0, 0.05) is 0 Å². The number of halogens is 2. The molecule has 0 aliphatic rings. The van der Waals surface area contributed by atoms with Crippen molar-refractivity contribution in [1.82, 2.24) is 0 Å². The molecule has 0 bridgehead atoms. The minimum absolute atomic E-state index is 0.0570. The van der Waals surface area contributed by atoms with Crippen molar-refractivity contribution in [3.05, 3.63) is 35.4 Å². The highest BCUT2D eigenvalue weighted by Crippen LogP contribution is 2.07. The van der Waals surface area contributed by atoms with Crippen LogP contribution in [0.25, 0.3) is 0 Å². The molecule has 0 saturated carbocycles. The highest BCUT2D eigenvalue weighted by Gasteiger charge is 2.00. The van der Waals surface area contributed by atoms with Crippen LogP contribution in [0.1, 0.15) is 25.3 Å². The third kappa shape index (κ3) is 3.69. The van der Waals surface area contributed by atoms with Crippen molar-refractivity contribution in [2.24, 2.45) is 5.73 Å². The predicted molar refractivity (Wildman–Crippen MR) is 56.1 cm³/mol. The second-order valence-electron chi connectivity index (χ2n) is 3.29. The normalized spacial score (nSPS) is 11.7. The second kappa shape index (κ2) is 5.47. The first-order valence-corrected chi connectivity index (χ1v) is 4.85. The maximum absolute atomic E-state index is 13.1. The lowest BCUT2D eigenvalue weighted by molar-refractivity contribution is 0.597. The summed E-state index contributed by atoms with van der Waals surface area (Å²) < 4.78 is 25.8. The summed E-state index contributed by atoms with van der Waals surface area (Å²) in [7, 11) is 0. The monoisotopic (exact) mass is 209 g/mol. The molecule has 0 aliphatic carbocycles. The van der Waals surface area contributed by atoms with E-state index in [2.05, 4.69) is 11.8 Å². The molecule has 1 unspecified atom stereocenters. The molecule has 2 N–H and O–H groups in total. The van der Waals surface area contributed by atoms with Gasteiger partial charge >= 0.3 is 0 Å². The Morgan fingerprint density at radius 2 is 2.13 bits per heavy atom. The van der Waals surface area contributed by atoms with Gasteiger partial charge in [0.2, 0.25) is 0 Å². The number of hydrogen-bond acceptors (Lipinski definition) is 1. The smallest absolute Gasteiger partial charge is 0.139 e. The summed E-state index contributed by atoms with van der Waals surface area (Å²) in [5, 5.41) is 0. The van der Waals surface area contributed by atoms with Crippen molar-refractivity contribution in [1.29, 1.82) is 0 Å². The van der Waals surface area contributed by atoms with Crippen molar-refractivity contribution < 1.29 is 8.78 Å². The SMILES string of the molecule is CCCC(N)C#Cc1cc(F)ccc1F. The van der Waals surface area contributed by atoms with Crippen LogP contribution >= 0.6 is 0 Å². The van der Waals surface area contributed by atoms with Crippen molar-refractivity contribution in [2.75, 3.05) is 0 Å². The molecule has 1 aromatic carbocycles. The first kappa shape index (κ1) is 11.7. The van der Waals surface area contributed by atoms with Crippen molar-refractivity contribution in [3.8, 4) is 11.8 Å². The lowest BCUT2D eigenvalue weighted by Crippen LogP contribution is -2.16. The van der Waals surface area contributed by atoms with Gasteiger partial charge in [0.15, 0.2) is 0 Å². The number of hydrogen-bond donors (Lipinski definition) is 1. The van der Waals surface area contributed by atoms with Crippen molar-refractivity contribution in [3.63, 3.8) is 0 Å². The van der Waals surface area contributed by atoms with Crippen LogP contribution in [0.15, 0.2) is 18.2 Å². The Hall–Kier alpha value is -1.40. The third-order valence-electron chi connectivity index (χ3n) is 1.92. The van der Waals surface area contributed by atoms with Gasteiger partial charge in [-0.3, -0.25) is 0 Å². The van der Waals surface area contributed by atoms with Crippen molar-refractivity contribution in [2.45, 2.75) is 25.8 Å². The highest BCUT2D eigenvalue weighted by atomic mass is 19.1. The van der Waals surface area contributed by atoms with Crippen LogP contribution in [0.4, 0.5) is 8.78 Å². The molecule has 1 aromatic rings. The first-order valence-electron chi connectivity index (χ1n) is 4.85. The van der Waals surface area contributed by atoms with Crippen LogP contribution in [-0.4, -0.2) is 6.04 Å². The number of benzene rings is 1. The Balaban J connectivity index is 2.83. The first-order chi connectivity index (χ1) is 7.13. The molecule has 1 nitrogen and oxygen atoms in total. The average Bonchev–Trinajstić information content (AvgIpc) is 2.20. The molecule has 1 rings (SSSR count). The maximum atomic E-state index is 13.1. The molecule has 0 aliphatic heterocycles. The van der Waals surface area contributed by atoms with Gasteiger partial charge in [-0.1, -0.05) is 25.2 Å². The van der Waals surface area contributed by atoms with Crippen molar-refractivity contribution >= 4 is 0 Å². The van der Waals surface area contributed by atoms with Gasteiger partial charge in [-0.25, -0.2) is 8.78 Å². The minimum atomic E-state index is -0.521. The zero-order valence-electron chi connectivity index (χ0n) is 8.56. The fourth-order valence-corrected chi connectivity index (χ4v) is 1.15. The summed E-state index contributed by atoms with van der Waals surface area (Å²) in [5.74, 6) is 4.22. The summed E-state index contributed by atoms with van der Waals surface area (Å²) in [4.78, 5) is 0. The van der Waals surface area contributed by atoms with Crippen LogP contribution in [0.2, 0.25) is 0 Å². The van der Waals surface area contributed by atoms with Gasteiger partial charge < -0.3 is 5.73 Å². The second-order valence-corrected chi connectivity index (χ2v) is 3.29. The largest absolute Gasteiger partial charge is 0.318 e.